The molecule has 1 unspecified atom stereocenters. The number of hydrogen-bond donors (Lipinski definition) is 0. The van der Waals surface area contributed by atoms with Crippen LogP contribution in [0.15, 0.2) is 12.1 Å². The second-order valence-corrected chi connectivity index (χ2v) is 5.60. The molecule has 0 heterocycles. The lowest BCUT2D eigenvalue weighted by Gasteiger charge is -2.13. The van der Waals surface area contributed by atoms with Crippen molar-refractivity contribution in [2.24, 2.45) is 5.92 Å². The van der Waals surface area contributed by atoms with E-state index in [-0.39, 0.29) is 11.9 Å². The monoisotopic (exact) mass is 298 g/mol. The summed E-state index contributed by atoms with van der Waals surface area (Å²) in [6.45, 7) is 3.92. The van der Waals surface area contributed by atoms with Crippen LogP contribution in [0.2, 0.25) is 0 Å². The number of carbonyl (C=O) groups is 1. The maximum absolute atomic E-state index is 11.3. The van der Waals surface area contributed by atoms with Crippen molar-refractivity contribution >= 4 is 17.7 Å². The smallest absolute Gasteiger partial charge is 0.309 e. The van der Waals surface area contributed by atoms with Gasteiger partial charge in [-0.3, -0.25) is 4.79 Å². The number of carbonyl (C=O) groups excluding carboxylic acids is 1. The van der Waals surface area contributed by atoms with Gasteiger partial charge in [-0.25, -0.2) is 0 Å². The summed E-state index contributed by atoms with van der Waals surface area (Å²) in [6.07, 6.45) is 0. The third-order valence-corrected chi connectivity index (χ3v) is 4.32. The van der Waals surface area contributed by atoms with E-state index in [0.717, 1.165) is 28.6 Å². The minimum atomic E-state index is -0.165. The van der Waals surface area contributed by atoms with E-state index in [2.05, 4.69) is 0 Å². The lowest BCUT2D eigenvalue weighted by atomic mass is 10.1. The molecule has 0 bridgehead atoms. The van der Waals surface area contributed by atoms with Crippen molar-refractivity contribution in [1.82, 2.24) is 0 Å². The average molecular weight is 298 g/mol. The molecule has 0 aromatic heterocycles. The molecule has 0 spiro atoms. The first-order chi connectivity index (χ1) is 9.53. The Hall–Kier alpha value is -1.36. The van der Waals surface area contributed by atoms with Crippen molar-refractivity contribution in [3.8, 4) is 11.5 Å². The van der Waals surface area contributed by atoms with Crippen LogP contribution in [-0.4, -0.2) is 33.1 Å². The van der Waals surface area contributed by atoms with Crippen molar-refractivity contribution in [1.29, 1.82) is 0 Å². The van der Waals surface area contributed by atoms with Crippen LogP contribution in [0.4, 0.5) is 0 Å². The number of aryl methyl sites for hydroxylation is 1. The number of rotatable bonds is 7. The van der Waals surface area contributed by atoms with Crippen LogP contribution in [0.5, 0.6) is 11.5 Å². The van der Waals surface area contributed by atoms with E-state index in [1.165, 1.54) is 12.7 Å². The van der Waals surface area contributed by atoms with E-state index >= 15 is 0 Å². The maximum atomic E-state index is 11.3. The quantitative estimate of drug-likeness (QED) is 0.724. The summed E-state index contributed by atoms with van der Waals surface area (Å²) in [7, 11) is 4.68. The Labute approximate surface area is 124 Å². The van der Waals surface area contributed by atoms with Gasteiger partial charge < -0.3 is 14.2 Å². The van der Waals surface area contributed by atoms with E-state index < -0.39 is 0 Å². The second-order valence-electron chi connectivity index (χ2n) is 4.57. The van der Waals surface area contributed by atoms with Crippen molar-refractivity contribution < 1.29 is 19.0 Å². The summed E-state index contributed by atoms with van der Waals surface area (Å²) in [5.41, 5.74) is 2.34. The first-order valence-electron chi connectivity index (χ1n) is 6.40. The van der Waals surface area contributed by atoms with Crippen LogP contribution in [0, 0.1) is 12.8 Å². The van der Waals surface area contributed by atoms with Gasteiger partial charge in [-0.15, -0.1) is 0 Å². The highest BCUT2D eigenvalue weighted by Gasteiger charge is 2.14. The predicted octanol–water partition coefficient (Wildman–Crippen LogP) is 3.05. The summed E-state index contributed by atoms with van der Waals surface area (Å²) in [6, 6.07) is 3.96. The summed E-state index contributed by atoms with van der Waals surface area (Å²) in [5.74, 6) is 2.77. The van der Waals surface area contributed by atoms with Gasteiger partial charge in [0, 0.05) is 11.5 Å². The van der Waals surface area contributed by atoms with Crippen molar-refractivity contribution in [2.45, 2.75) is 19.6 Å². The van der Waals surface area contributed by atoms with Gasteiger partial charge in [0.25, 0.3) is 0 Å². The highest BCUT2D eigenvalue weighted by molar-refractivity contribution is 7.98. The normalized spacial score (nSPS) is 11.8. The van der Waals surface area contributed by atoms with Crippen LogP contribution in [0.1, 0.15) is 18.1 Å². The molecule has 1 aromatic rings. The molecule has 0 N–H and O–H groups in total. The first-order valence-corrected chi connectivity index (χ1v) is 7.56. The summed E-state index contributed by atoms with van der Waals surface area (Å²) < 4.78 is 15.3. The number of hydrogen-bond acceptors (Lipinski definition) is 5. The SMILES string of the molecule is COC(=O)C(C)CSCc1cc(OC)c(OC)cc1C. The molecule has 4 nitrogen and oxygen atoms in total. The molecule has 0 saturated heterocycles. The molecular weight excluding hydrogens is 276 g/mol. The van der Waals surface area contributed by atoms with Crippen molar-refractivity contribution in [3.63, 3.8) is 0 Å². The highest BCUT2D eigenvalue weighted by Crippen LogP contribution is 2.32. The van der Waals surface area contributed by atoms with Gasteiger partial charge in [0.05, 0.1) is 27.2 Å². The fourth-order valence-electron chi connectivity index (χ4n) is 1.79. The Morgan fingerprint density at radius 2 is 1.80 bits per heavy atom. The average Bonchev–Trinajstić information content (AvgIpc) is 2.47. The lowest BCUT2D eigenvalue weighted by Crippen LogP contribution is -2.14. The van der Waals surface area contributed by atoms with E-state index in [4.69, 9.17) is 14.2 Å². The number of thioether (sulfide) groups is 1. The van der Waals surface area contributed by atoms with Gasteiger partial charge in [-0.1, -0.05) is 6.92 Å². The fourth-order valence-corrected chi connectivity index (χ4v) is 2.93. The number of ether oxygens (including phenoxy) is 3. The highest BCUT2D eigenvalue weighted by atomic mass is 32.2. The van der Waals surface area contributed by atoms with E-state index in [9.17, 15) is 4.79 Å². The molecule has 0 aliphatic carbocycles. The second kappa shape index (κ2) is 8.04. The van der Waals surface area contributed by atoms with Gasteiger partial charge in [0.2, 0.25) is 0 Å². The van der Waals surface area contributed by atoms with Gasteiger partial charge in [-0.05, 0) is 30.2 Å². The largest absolute Gasteiger partial charge is 0.493 e. The Bertz CT molecular complexity index is 459. The van der Waals surface area contributed by atoms with Crippen LogP contribution < -0.4 is 9.47 Å². The standard InChI is InChI=1S/C15H22O4S/c1-10-6-13(17-3)14(18-4)7-12(10)9-20-8-11(2)15(16)19-5/h6-7,11H,8-9H2,1-5H3. The molecule has 0 aliphatic heterocycles. The van der Waals surface area contributed by atoms with Crippen LogP contribution in [0.25, 0.3) is 0 Å². The summed E-state index contributed by atoms with van der Waals surface area (Å²) in [4.78, 5) is 11.3. The molecule has 0 amide bonds. The molecular formula is C15H22O4S. The molecule has 112 valence electrons. The minimum absolute atomic E-state index is 0.0922. The minimum Gasteiger partial charge on any atom is -0.493 e. The zero-order valence-electron chi connectivity index (χ0n) is 12.7. The predicted molar refractivity (Wildman–Crippen MR) is 81.6 cm³/mol. The van der Waals surface area contributed by atoms with Crippen LogP contribution in [0.3, 0.4) is 0 Å². The van der Waals surface area contributed by atoms with Crippen molar-refractivity contribution in [2.75, 3.05) is 27.1 Å². The fraction of sp³-hybridized carbons (Fsp3) is 0.533. The van der Waals surface area contributed by atoms with Gasteiger partial charge in [-0.2, -0.15) is 11.8 Å². The van der Waals surface area contributed by atoms with Gasteiger partial charge in [0.15, 0.2) is 11.5 Å². The van der Waals surface area contributed by atoms with E-state index in [0.29, 0.717) is 0 Å². The maximum Gasteiger partial charge on any atom is 0.309 e. The van der Waals surface area contributed by atoms with Gasteiger partial charge >= 0.3 is 5.97 Å². The molecule has 5 heteroatoms. The third-order valence-electron chi connectivity index (χ3n) is 3.07. The summed E-state index contributed by atoms with van der Waals surface area (Å²) >= 11 is 1.71. The van der Waals surface area contributed by atoms with E-state index in [1.807, 2.05) is 26.0 Å². The molecule has 0 fully saturated rings. The number of esters is 1. The molecule has 1 aromatic carbocycles. The third kappa shape index (κ3) is 4.34. The van der Waals surface area contributed by atoms with Crippen LogP contribution in [-0.2, 0) is 15.3 Å². The molecule has 0 radical (unpaired) electrons. The molecule has 1 rings (SSSR count). The summed E-state index contributed by atoms with van der Waals surface area (Å²) in [5, 5.41) is 0. The number of methoxy groups -OCH3 is 3. The van der Waals surface area contributed by atoms with Crippen LogP contribution >= 0.6 is 11.8 Å². The lowest BCUT2D eigenvalue weighted by molar-refractivity contribution is -0.143. The number of benzene rings is 1. The Kier molecular flexibility index (Phi) is 6.71. The Morgan fingerprint density at radius 3 is 2.35 bits per heavy atom. The first kappa shape index (κ1) is 16.7. The van der Waals surface area contributed by atoms with Gasteiger partial charge in [0.1, 0.15) is 0 Å². The Morgan fingerprint density at radius 1 is 1.20 bits per heavy atom. The molecule has 1 atom stereocenters. The zero-order valence-corrected chi connectivity index (χ0v) is 13.5. The molecule has 0 saturated carbocycles. The molecule has 0 aliphatic rings. The zero-order chi connectivity index (χ0) is 15.1. The molecule has 20 heavy (non-hydrogen) atoms. The Balaban J connectivity index is 2.66. The van der Waals surface area contributed by atoms with Crippen molar-refractivity contribution in [3.05, 3.63) is 23.3 Å². The topological polar surface area (TPSA) is 44.8 Å². The van der Waals surface area contributed by atoms with E-state index in [1.54, 1.807) is 26.0 Å².